The van der Waals surface area contributed by atoms with Crippen LogP contribution in [0.15, 0.2) is 30.6 Å². The van der Waals surface area contributed by atoms with Crippen molar-refractivity contribution in [2.24, 2.45) is 0 Å². The first kappa shape index (κ1) is 13.1. The lowest BCUT2D eigenvalue weighted by Gasteiger charge is -2.15. The van der Waals surface area contributed by atoms with E-state index in [4.69, 9.17) is 11.6 Å². The summed E-state index contributed by atoms with van der Waals surface area (Å²) in [5.41, 5.74) is 3.41. The van der Waals surface area contributed by atoms with Gasteiger partial charge in [0.15, 0.2) is 0 Å². The van der Waals surface area contributed by atoms with Gasteiger partial charge in [-0.1, -0.05) is 23.7 Å². The fourth-order valence-electron chi connectivity index (χ4n) is 2.02. The zero-order chi connectivity index (χ0) is 13.1. The molecule has 0 aliphatic heterocycles. The molecule has 0 aliphatic rings. The van der Waals surface area contributed by atoms with Gasteiger partial charge in [0, 0.05) is 23.3 Å². The molecule has 1 unspecified atom stereocenters. The van der Waals surface area contributed by atoms with E-state index in [1.807, 2.05) is 37.0 Å². The molecular weight excluding hydrogens is 246 g/mol. The molecule has 1 aromatic carbocycles. The summed E-state index contributed by atoms with van der Waals surface area (Å²) in [5, 5.41) is 8.42. The Balaban J connectivity index is 2.35. The van der Waals surface area contributed by atoms with Crippen LogP contribution in [0.3, 0.4) is 0 Å². The summed E-state index contributed by atoms with van der Waals surface area (Å²) in [6.07, 6.45) is 3.97. The summed E-state index contributed by atoms with van der Waals surface area (Å²) in [7, 11) is 1.95. The zero-order valence-corrected chi connectivity index (χ0v) is 11.7. The summed E-state index contributed by atoms with van der Waals surface area (Å²) in [4.78, 5) is 0. The van der Waals surface area contributed by atoms with Gasteiger partial charge in [0.25, 0.3) is 0 Å². The SMILES string of the molecule is CCn1cc(C(NC)c2ccc(C)c(Cl)c2)cn1. The van der Waals surface area contributed by atoms with E-state index in [1.165, 1.54) is 0 Å². The molecule has 18 heavy (non-hydrogen) atoms. The highest BCUT2D eigenvalue weighted by molar-refractivity contribution is 6.31. The topological polar surface area (TPSA) is 29.9 Å². The molecule has 96 valence electrons. The number of halogens is 1. The van der Waals surface area contributed by atoms with Crippen LogP contribution in [0.2, 0.25) is 5.02 Å². The number of rotatable bonds is 4. The Morgan fingerprint density at radius 2 is 2.17 bits per heavy atom. The maximum atomic E-state index is 6.19. The minimum absolute atomic E-state index is 0.128. The molecule has 0 saturated carbocycles. The number of nitrogens with one attached hydrogen (secondary N) is 1. The third-order valence-electron chi connectivity index (χ3n) is 3.13. The van der Waals surface area contributed by atoms with E-state index in [9.17, 15) is 0 Å². The molecule has 4 heteroatoms. The summed E-state index contributed by atoms with van der Waals surface area (Å²) < 4.78 is 1.93. The molecule has 1 heterocycles. The van der Waals surface area contributed by atoms with Crippen LogP contribution in [0, 0.1) is 6.92 Å². The molecule has 1 atom stereocenters. The molecule has 0 radical (unpaired) electrons. The number of hydrogen-bond donors (Lipinski definition) is 1. The van der Waals surface area contributed by atoms with E-state index < -0.39 is 0 Å². The second-order valence-electron chi connectivity index (χ2n) is 4.36. The highest BCUT2D eigenvalue weighted by Gasteiger charge is 2.14. The van der Waals surface area contributed by atoms with E-state index in [0.29, 0.717) is 0 Å². The molecular formula is C14H18ClN3. The molecule has 0 spiro atoms. The minimum Gasteiger partial charge on any atom is -0.309 e. The van der Waals surface area contributed by atoms with Gasteiger partial charge in [-0.15, -0.1) is 0 Å². The summed E-state index contributed by atoms with van der Waals surface area (Å²) in [5.74, 6) is 0. The highest BCUT2D eigenvalue weighted by atomic mass is 35.5. The molecule has 0 saturated heterocycles. The van der Waals surface area contributed by atoms with Gasteiger partial charge in [0.2, 0.25) is 0 Å². The average Bonchev–Trinajstić information content (AvgIpc) is 2.83. The van der Waals surface area contributed by atoms with Crippen molar-refractivity contribution >= 4 is 11.6 Å². The molecule has 1 aromatic heterocycles. The van der Waals surface area contributed by atoms with Crippen LogP contribution < -0.4 is 5.32 Å². The lowest BCUT2D eigenvalue weighted by atomic mass is 10.0. The van der Waals surface area contributed by atoms with E-state index >= 15 is 0 Å². The summed E-state index contributed by atoms with van der Waals surface area (Å²) >= 11 is 6.19. The Morgan fingerprint density at radius 3 is 2.72 bits per heavy atom. The highest BCUT2D eigenvalue weighted by Crippen LogP contribution is 2.25. The number of nitrogens with zero attached hydrogens (tertiary/aromatic N) is 2. The number of aryl methyl sites for hydroxylation is 2. The van der Waals surface area contributed by atoms with Gasteiger partial charge in [-0.2, -0.15) is 5.10 Å². The third kappa shape index (κ3) is 2.57. The van der Waals surface area contributed by atoms with Crippen molar-refractivity contribution in [1.29, 1.82) is 0 Å². The van der Waals surface area contributed by atoms with E-state index in [0.717, 1.165) is 28.3 Å². The van der Waals surface area contributed by atoms with E-state index in [2.05, 4.69) is 29.6 Å². The molecule has 2 aromatic rings. The fraction of sp³-hybridized carbons (Fsp3) is 0.357. The fourth-order valence-corrected chi connectivity index (χ4v) is 2.21. The van der Waals surface area contributed by atoms with Crippen LogP contribution in [0.1, 0.15) is 29.7 Å². The standard InChI is InChI=1S/C14H18ClN3/c1-4-18-9-12(8-17-18)14(16-3)11-6-5-10(2)13(15)7-11/h5-9,14,16H,4H2,1-3H3. The quantitative estimate of drug-likeness (QED) is 0.918. The Labute approximate surface area is 113 Å². The second-order valence-corrected chi connectivity index (χ2v) is 4.77. The van der Waals surface area contributed by atoms with Gasteiger partial charge in [-0.25, -0.2) is 0 Å². The molecule has 0 aliphatic carbocycles. The van der Waals surface area contributed by atoms with Crippen LogP contribution in [0.4, 0.5) is 0 Å². The third-order valence-corrected chi connectivity index (χ3v) is 3.54. The number of hydrogen-bond acceptors (Lipinski definition) is 2. The monoisotopic (exact) mass is 263 g/mol. The van der Waals surface area contributed by atoms with Crippen LogP contribution in [-0.2, 0) is 6.54 Å². The molecule has 0 bridgehead atoms. The second kappa shape index (κ2) is 5.55. The van der Waals surface area contributed by atoms with Crippen molar-refractivity contribution in [3.8, 4) is 0 Å². The normalized spacial score (nSPS) is 12.7. The zero-order valence-electron chi connectivity index (χ0n) is 10.9. The maximum absolute atomic E-state index is 6.19. The maximum Gasteiger partial charge on any atom is 0.0605 e. The Hall–Kier alpha value is -1.32. The molecule has 0 fully saturated rings. The predicted octanol–water partition coefficient (Wildman–Crippen LogP) is 3.17. The minimum atomic E-state index is 0.128. The van der Waals surface area contributed by atoms with Crippen molar-refractivity contribution in [3.63, 3.8) is 0 Å². The van der Waals surface area contributed by atoms with Crippen molar-refractivity contribution < 1.29 is 0 Å². The van der Waals surface area contributed by atoms with Crippen molar-refractivity contribution in [1.82, 2.24) is 15.1 Å². The Kier molecular flexibility index (Phi) is 4.04. The van der Waals surface area contributed by atoms with Gasteiger partial charge in [0.05, 0.1) is 12.2 Å². The molecule has 1 N–H and O–H groups in total. The first-order chi connectivity index (χ1) is 8.65. The van der Waals surface area contributed by atoms with Crippen molar-refractivity contribution in [2.45, 2.75) is 26.4 Å². The summed E-state index contributed by atoms with van der Waals surface area (Å²) in [6.45, 7) is 4.97. The first-order valence-electron chi connectivity index (χ1n) is 6.11. The van der Waals surface area contributed by atoms with Crippen LogP contribution >= 0.6 is 11.6 Å². The smallest absolute Gasteiger partial charge is 0.0605 e. The Bertz CT molecular complexity index is 534. The van der Waals surface area contributed by atoms with Crippen LogP contribution in [0.5, 0.6) is 0 Å². The van der Waals surface area contributed by atoms with Crippen molar-refractivity contribution in [2.75, 3.05) is 7.05 Å². The molecule has 2 rings (SSSR count). The van der Waals surface area contributed by atoms with Gasteiger partial charge in [0.1, 0.15) is 0 Å². The number of benzene rings is 1. The van der Waals surface area contributed by atoms with E-state index in [-0.39, 0.29) is 6.04 Å². The van der Waals surface area contributed by atoms with Crippen LogP contribution in [-0.4, -0.2) is 16.8 Å². The average molecular weight is 264 g/mol. The van der Waals surface area contributed by atoms with Gasteiger partial charge in [-0.3, -0.25) is 4.68 Å². The number of aromatic nitrogens is 2. The summed E-state index contributed by atoms with van der Waals surface area (Å²) in [6, 6.07) is 6.29. The van der Waals surface area contributed by atoms with Crippen molar-refractivity contribution in [3.05, 3.63) is 52.3 Å². The first-order valence-corrected chi connectivity index (χ1v) is 6.49. The van der Waals surface area contributed by atoms with Gasteiger partial charge in [-0.05, 0) is 38.1 Å². The molecule has 3 nitrogen and oxygen atoms in total. The molecule has 0 amide bonds. The lowest BCUT2D eigenvalue weighted by molar-refractivity contribution is 0.653. The van der Waals surface area contributed by atoms with Gasteiger partial charge >= 0.3 is 0 Å². The Morgan fingerprint density at radius 1 is 1.39 bits per heavy atom. The van der Waals surface area contributed by atoms with Crippen LogP contribution in [0.25, 0.3) is 0 Å². The van der Waals surface area contributed by atoms with Gasteiger partial charge < -0.3 is 5.32 Å². The predicted molar refractivity (Wildman–Crippen MR) is 75.0 cm³/mol. The van der Waals surface area contributed by atoms with E-state index in [1.54, 1.807) is 0 Å². The lowest BCUT2D eigenvalue weighted by Crippen LogP contribution is -2.17. The largest absolute Gasteiger partial charge is 0.309 e.